The van der Waals surface area contributed by atoms with E-state index >= 15 is 0 Å². The molecule has 2 fully saturated rings. The summed E-state index contributed by atoms with van der Waals surface area (Å²) in [4.78, 5) is 9.62. The maximum Gasteiger partial charge on any atom is 0.0734 e. The quantitative estimate of drug-likeness (QED) is 0.933. The fourth-order valence-electron chi connectivity index (χ4n) is 4.97. The van der Waals surface area contributed by atoms with Gasteiger partial charge in [-0.2, -0.15) is 0 Å². The fraction of sp³-hybridized carbons (Fsp3) is 0.571. The molecule has 0 unspecified atom stereocenters. The first-order chi connectivity index (χ1) is 12.1. The zero-order chi connectivity index (χ0) is 17.4. The van der Waals surface area contributed by atoms with Crippen molar-refractivity contribution in [2.24, 2.45) is 5.41 Å². The van der Waals surface area contributed by atoms with Crippen LogP contribution in [-0.2, 0) is 6.54 Å². The van der Waals surface area contributed by atoms with E-state index in [1.165, 1.54) is 29.4 Å². The van der Waals surface area contributed by atoms with Gasteiger partial charge in [0.1, 0.15) is 0 Å². The van der Waals surface area contributed by atoms with E-state index in [1.54, 1.807) is 0 Å². The number of likely N-dealkylation sites (N-methyl/N-ethyl adjacent to an activating group) is 1. The first kappa shape index (κ1) is 17.0. The highest BCUT2D eigenvalue weighted by molar-refractivity contribution is 5.84. The average molecular weight is 339 g/mol. The standard InChI is InChI=1S/C21H29N3O/c1-16-6-7-17(18-5-3-10-22-20(16)18)13-24-12-9-21(15-25)8-4-11-23(2)19(21)14-24/h3,5-7,10,19,25H,4,8-9,11-15H2,1-2H3/t19-,21-/m1/s1. The van der Waals surface area contributed by atoms with E-state index in [0.29, 0.717) is 12.6 Å². The third-order valence-electron chi connectivity index (χ3n) is 6.55. The molecule has 0 spiro atoms. The minimum absolute atomic E-state index is 0.112. The van der Waals surface area contributed by atoms with Crippen LogP contribution < -0.4 is 0 Å². The summed E-state index contributed by atoms with van der Waals surface area (Å²) in [5.41, 5.74) is 3.84. The molecule has 4 heteroatoms. The van der Waals surface area contributed by atoms with Crippen molar-refractivity contribution >= 4 is 10.9 Å². The van der Waals surface area contributed by atoms with Crippen LogP contribution in [0.1, 0.15) is 30.4 Å². The summed E-state index contributed by atoms with van der Waals surface area (Å²) in [6, 6.07) is 9.15. The molecule has 2 saturated heterocycles. The molecule has 0 saturated carbocycles. The fourth-order valence-corrected chi connectivity index (χ4v) is 4.97. The molecule has 1 aromatic heterocycles. The maximum atomic E-state index is 10.1. The van der Waals surface area contributed by atoms with Crippen molar-refractivity contribution in [3.63, 3.8) is 0 Å². The predicted octanol–water partition coefficient (Wildman–Crippen LogP) is 2.82. The third kappa shape index (κ3) is 2.97. The second-order valence-corrected chi connectivity index (χ2v) is 8.05. The number of aliphatic hydroxyl groups excluding tert-OH is 1. The lowest BCUT2D eigenvalue weighted by Crippen LogP contribution is -2.61. The molecule has 0 amide bonds. The number of hydrogen-bond acceptors (Lipinski definition) is 4. The molecular formula is C21H29N3O. The van der Waals surface area contributed by atoms with Crippen LogP contribution in [0.5, 0.6) is 0 Å². The predicted molar refractivity (Wildman–Crippen MR) is 102 cm³/mol. The van der Waals surface area contributed by atoms with E-state index in [4.69, 9.17) is 0 Å². The van der Waals surface area contributed by atoms with Crippen molar-refractivity contribution in [2.75, 3.05) is 33.3 Å². The minimum atomic E-state index is 0.112. The van der Waals surface area contributed by atoms with Gasteiger partial charge in [0.15, 0.2) is 0 Å². The number of pyridine rings is 1. The van der Waals surface area contributed by atoms with Crippen LogP contribution in [0.3, 0.4) is 0 Å². The van der Waals surface area contributed by atoms with E-state index in [0.717, 1.165) is 38.1 Å². The molecule has 4 rings (SSSR count). The van der Waals surface area contributed by atoms with Crippen LogP contribution in [0.4, 0.5) is 0 Å². The molecule has 2 aliphatic rings. The van der Waals surface area contributed by atoms with E-state index in [9.17, 15) is 5.11 Å². The zero-order valence-corrected chi connectivity index (χ0v) is 15.4. The number of aromatic nitrogens is 1. The van der Waals surface area contributed by atoms with Crippen molar-refractivity contribution in [1.82, 2.24) is 14.8 Å². The molecular weight excluding hydrogens is 310 g/mol. The van der Waals surface area contributed by atoms with Gasteiger partial charge in [0.25, 0.3) is 0 Å². The van der Waals surface area contributed by atoms with Gasteiger partial charge < -0.3 is 10.0 Å². The molecule has 0 bridgehead atoms. The normalized spacial score (nSPS) is 28.2. The van der Waals surface area contributed by atoms with Crippen molar-refractivity contribution in [3.8, 4) is 0 Å². The number of aryl methyl sites for hydroxylation is 1. The van der Waals surface area contributed by atoms with Gasteiger partial charge in [0.05, 0.1) is 12.1 Å². The number of nitrogens with zero attached hydrogens (tertiary/aromatic N) is 3. The van der Waals surface area contributed by atoms with Gasteiger partial charge in [-0.3, -0.25) is 9.88 Å². The Morgan fingerprint density at radius 1 is 1.24 bits per heavy atom. The summed E-state index contributed by atoms with van der Waals surface area (Å²) in [6.45, 7) is 6.69. The SMILES string of the molecule is Cc1ccc(CN2CC[C@@]3(CO)CCCN(C)[C@@H]3C2)c2cccnc12. The Morgan fingerprint density at radius 3 is 2.96 bits per heavy atom. The Balaban J connectivity index is 1.58. The van der Waals surface area contributed by atoms with E-state index < -0.39 is 0 Å². The molecule has 1 N–H and O–H groups in total. The van der Waals surface area contributed by atoms with Crippen LogP contribution in [0, 0.1) is 12.3 Å². The van der Waals surface area contributed by atoms with Gasteiger partial charge in [0.2, 0.25) is 0 Å². The van der Waals surface area contributed by atoms with Crippen molar-refractivity contribution in [1.29, 1.82) is 0 Å². The lowest BCUT2D eigenvalue weighted by Gasteiger charge is -2.53. The average Bonchev–Trinajstić information content (AvgIpc) is 2.65. The van der Waals surface area contributed by atoms with Crippen LogP contribution in [0.2, 0.25) is 0 Å². The van der Waals surface area contributed by atoms with Gasteiger partial charge in [-0.1, -0.05) is 18.2 Å². The van der Waals surface area contributed by atoms with E-state index in [1.807, 2.05) is 12.3 Å². The Kier molecular flexibility index (Phi) is 4.52. The molecule has 25 heavy (non-hydrogen) atoms. The van der Waals surface area contributed by atoms with E-state index in [-0.39, 0.29) is 5.41 Å². The smallest absolute Gasteiger partial charge is 0.0734 e. The summed E-state index contributed by atoms with van der Waals surface area (Å²) < 4.78 is 0. The van der Waals surface area contributed by atoms with Crippen LogP contribution in [0.15, 0.2) is 30.5 Å². The summed E-state index contributed by atoms with van der Waals surface area (Å²) in [6.07, 6.45) is 5.36. The number of benzene rings is 1. The number of piperidine rings is 2. The van der Waals surface area contributed by atoms with Gasteiger partial charge in [-0.25, -0.2) is 0 Å². The van der Waals surface area contributed by atoms with Crippen molar-refractivity contribution in [3.05, 3.63) is 41.6 Å². The molecule has 1 aromatic carbocycles. The Labute approximate surface area is 150 Å². The molecule has 0 radical (unpaired) electrons. The summed E-state index contributed by atoms with van der Waals surface area (Å²) in [5, 5.41) is 11.4. The van der Waals surface area contributed by atoms with Gasteiger partial charge in [-0.15, -0.1) is 0 Å². The second kappa shape index (κ2) is 6.67. The summed E-state index contributed by atoms with van der Waals surface area (Å²) in [7, 11) is 2.23. The number of hydrogen-bond donors (Lipinski definition) is 1. The number of rotatable bonds is 3. The Hall–Kier alpha value is -1.49. The molecule has 2 aromatic rings. The third-order valence-corrected chi connectivity index (χ3v) is 6.55. The molecule has 2 atom stereocenters. The highest BCUT2D eigenvalue weighted by Gasteiger charge is 2.46. The molecule has 3 heterocycles. The van der Waals surface area contributed by atoms with Crippen LogP contribution in [-0.4, -0.2) is 59.2 Å². The van der Waals surface area contributed by atoms with Gasteiger partial charge in [-0.05, 0) is 63.5 Å². The minimum Gasteiger partial charge on any atom is -0.396 e. The number of fused-ring (bicyclic) bond motifs is 2. The van der Waals surface area contributed by atoms with E-state index in [2.05, 4.69) is 47.0 Å². The first-order valence-corrected chi connectivity index (χ1v) is 9.50. The van der Waals surface area contributed by atoms with Crippen molar-refractivity contribution in [2.45, 2.75) is 38.8 Å². The van der Waals surface area contributed by atoms with Gasteiger partial charge in [0, 0.05) is 36.1 Å². The highest BCUT2D eigenvalue weighted by Crippen LogP contribution is 2.41. The van der Waals surface area contributed by atoms with Gasteiger partial charge >= 0.3 is 0 Å². The lowest BCUT2D eigenvalue weighted by molar-refractivity contribution is -0.0683. The number of aliphatic hydroxyl groups is 1. The second-order valence-electron chi connectivity index (χ2n) is 8.05. The topological polar surface area (TPSA) is 39.6 Å². The van der Waals surface area contributed by atoms with Crippen LogP contribution in [0.25, 0.3) is 10.9 Å². The molecule has 2 aliphatic heterocycles. The monoisotopic (exact) mass is 339 g/mol. The lowest BCUT2D eigenvalue weighted by atomic mass is 9.69. The Morgan fingerprint density at radius 2 is 2.12 bits per heavy atom. The molecule has 4 nitrogen and oxygen atoms in total. The summed E-state index contributed by atoms with van der Waals surface area (Å²) >= 11 is 0. The largest absolute Gasteiger partial charge is 0.396 e. The Bertz CT molecular complexity index is 762. The van der Waals surface area contributed by atoms with Crippen LogP contribution >= 0.6 is 0 Å². The number of likely N-dealkylation sites (tertiary alicyclic amines) is 2. The zero-order valence-electron chi connectivity index (χ0n) is 15.4. The molecule has 0 aliphatic carbocycles. The highest BCUT2D eigenvalue weighted by atomic mass is 16.3. The maximum absolute atomic E-state index is 10.1. The first-order valence-electron chi connectivity index (χ1n) is 9.50. The molecule has 134 valence electrons. The van der Waals surface area contributed by atoms with Crippen molar-refractivity contribution < 1.29 is 5.11 Å². The summed E-state index contributed by atoms with van der Waals surface area (Å²) in [5.74, 6) is 0.